The number of ether oxygens (including phenoxy) is 1. The van der Waals surface area contributed by atoms with Crippen molar-refractivity contribution in [2.75, 3.05) is 13.2 Å². The van der Waals surface area contributed by atoms with E-state index in [1.165, 1.54) is 0 Å². The van der Waals surface area contributed by atoms with Crippen molar-refractivity contribution >= 4 is 33.4 Å². The second kappa shape index (κ2) is 9.31. The lowest BCUT2D eigenvalue weighted by molar-refractivity contribution is -0.133. The third kappa shape index (κ3) is 5.55. The molecule has 0 unspecified atom stereocenters. The number of benzene rings is 2. The highest BCUT2D eigenvalue weighted by molar-refractivity contribution is 9.10. The van der Waals surface area contributed by atoms with Crippen molar-refractivity contribution in [3.05, 3.63) is 63.6 Å². The highest BCUT2D eigenvalue weighted by Gasteiger charge is 2.15. The maximum absolute atomic E-state index is 12.5. The molecule has 0 aromatic heterocycles. The van der Waals surface area contributed by atoms with E-state index in [0.717, 1.165) is 5.56 Å². The van der Waals surface area contributed by atoms with Crippen LogP contribution in [-0.2, 0) is 11.3 Å². The van der Waals surface area contributed by atoms with E-state index in [9.17, 15) is 4.79 Å². The van der Waals surface area contributed by atoms with Gasteiger partial charge in [-0.2, -0.15) is 5.26 Å². The van der Waals surface area contributed by atoms with Crippen LogP contribution in [0.4, 0.5) is 0 Å². The summed E-state index contributed by atoms with van der Waals surface area (Å²) >= 11 is 9.24. The molecule has 0 fully saturated rings. The highest BCUT2D eigenvalue weighted by atomic mass is 79.9. The van der Waals surface area contributed by atoms with Gasteiger partial charge in [-0.05, 0) is 39.7 Å². The van der Waals surface area contributed by atoms with Crippen LogP contribution in [0.3, 0.4) is 0 Å². The van der Waals surface area contributed by atoms with Gasteiger partial charge in [0.05, 0.1) is 17.0 Å². The highest BCUT2D eigenvalue weighted by Crippen LogP contribution is 2.28. The third-order valence-electron chi connectivity index (χ3n) is 3.31. The van der Waals surface area contributed by atoms with Crippen LogP contribution in [0.2, 0.25) is 5.02 Å². The molecule has 0 aliphatic carbocycles. The quantitative estimate of drug-likeness (QED) is 0.682. The number of hydrogen-bond donors (Lipinski definition) is 0. The van der Waals surface area contributed by atoms with E-state index in [-0.39, 0.29) is 18.9 Å². The second-order valence-electron chi connectivity index (χ2n) is 5.07. The number of amides is 1. The SMILES string of the molecule is N#CCCN(Cc1ccccc1)C(=O)COc1ccc(Cl)cc1Br. The number of halogens is 2. The van der Waals surface area contributed by atoms with Crippen molar-refractivity contribution < 1.29 is 9.53 Å². The van der Waals surface area contributed by atoms with Gasteiger partial charge < -0.3 is 9.64 Å². The minimum absolute atomic E-state index is 0.0987. The van der Waals surface area contributed by atoms with Crippen LogP contribution in [-0.4, -0.2) is 24.0 Å². The average molecular weight is 408 g/mol. The van der Waals surface area contributed by atoms with E-state index in [4.69, 9.17) is 21.6 Å². The zero-order valence-corrected chi connectivity index (χ0v) is 15.3. The van der Waals surface area contributed by atoms with Crippen molar-refractivity contribution in [2.45, 2.75) is 13.0 Å². The summed E-state index contributed by atoms with van der Waals surface area (Å²) in [6.07, 6.45) is 0.281. The summed E-state index contributed by atoms with van der Waals surface area (Å²) in [4.78, 5) is 14.1. The molecule has 0 saturated carbocycles. The van der Waals surface area contributed by atoms with Crippen molar-refractivity contribution in [3.63, 3.8) is 0 Å². The first-order valence-electron chi connectivity index (χ1n) is 7.36. The molecular formula is C18H16BrClN2O2. The van der Waals surface area contributed by atoms with Crippen LogP contribution in [0, 0.1) is 11.3 Å². The zero-order chi connectivity index (χ0) is 17.4. The third-order valence-corrected chi connectivity index (χ3v) is 4.16. The number of nitriles is 1. The Morgan fingerprint density at radius 3 is 2.67 bits per heavy atom. The van der Waals surface area contributed by atoms with Gasteiger partial charge in [0.2, 0.25) is 0 Å². The Hall–Kier alpha value is -2.03. The molecule has 2 aromatic carbocycles. The molecule has 24 heavy (non-hydrogen) atoms. The lowest BCUT2D eigenvalue weighted by Crippen LogP contribution is -2.35. The lowest BCUT2D eigenvalue weighted by atomic mass is 10.2. The van der Waals surface area contributed by atoms with Gasteiger partial charge in [0.1, 0.15) is 5.75 Å². The molecule has 2 aromatic rings. The van der Waals surface area contributed by atoms with E-state index in [1.807, 2.05) is 30.3 Å². The van der Waals surface area contributed by atoms with Gasteiger partial charge in [-0.3, -0.25) is 4.79 Å². The van der Waals surface area contributed by atoms with Crippen molar-refractivity contribution in [1.29, 1.82) is 5.26 Å². The largest absolute Gasteiger partial charge is 0.483 e. The van der Waals surface area contributed by atoms with Crippen molar-refractivity contribution in [2.24, 2.45) is 0 Å². The number of nitrogens with zero attached hydrogens (tertiary/aromatic N) is 2. The summed E-state index contributed by atoms with van der Waals surface area (Å²) in [6.45, 7) is 0.723. The first-order valence-corrected chi connectivity index (χ1v) is 8.53. The molecule has 2 rings (SSSR count). The summed E-state index contributed by atoms with van der Waals surface area (Å²) in [5.41, 5.74) is 1.01. The molecule has 0 aliphatic heterocycles. The number of carbonyl (C=O) groups excluding carboxylic acids is 1. The fourth-order valence-electron chi connectivity index (χ4n) is 2.10. The van der Waals surface area contributed by atoms with Gasteiger partial charge in [0.25, 0.3) is 5.91 Å². The summed E-state index contributed by atoms with van der Waals surface area (Å²) < 4.78 is 6.26. The van der Waals surface area contributed by atoms with E-state index in [0.29, 0.717) is 28.3 Å². The molecule has 1 amide bonds. The molecule has 4 nitrogen and oxygen atoms in total. The molecule has 124 valence electrons. The minimum Gasteiger partial charge on any atom is -0.483 e. The number of hydrogen-bond acceptors (Lipinski definition) is 3. The van der Waals surface area contributed by atoms with Gasteiger partial charge >= 0.3 is 0 Å². The number of carbonyl (C=O) groups is 1. The molecule has 0 aliphatic rings. The normalized spacial score (nSPS) is 10.0. The van der Waals surface area contributed by atoms with Crippen LogP contribution in [0.25, 0.3) is 0 Å². The fraction of sp³-hybridized carbons (Fsp3) is 0.222. The Morgan fingerprint density at radius 2 is 2.00 bits per heavy atom. The van der Waals surface area contributed by atoms with Gasteiger partial charge in [-0.15, -0.1) is 0 Å². The summed E-state index contributed by atoms with van der Waals surface area (Å²) in [5, 5.41) is 9.38. The molecular weight excluding hydrogens is 392 g/mol. The molecule has 0 atom stereocenters. The lowest BCUT2D eigenvalue weighted by Gasteiger charge is -2.22. The van der Waals surface area contributed by atoms with Crippen LogP contribution >= 0.6 is 27.5 Å². The standard InChI is InChI=1S/C18H16BrClN2O2/c19-16-11-15(20)7-8-17(16)24-13-18(23)22(10-4-9-21)12-14-5-2-1-3-6-14/h1-3,5-8,11H,4,10,12-13H2. The van der Waals surface area contributed by atoms with Crippen molar-refractivity contribution in [3.8, 4) is 11.8 Å². The zero-order valence-electron chi connectivity index (χ0n) is 12.9. The Kier molecular flexibility index (Phi) is 7.10. The molecule has 0 spiro atoms. The molecule has 6 heteroatoms. The molecule has 0 bridgehead atoms. The van der Waals surface area contributed by atoms with E-state index < -0.39 is 0 Å². The van der Waals surface area contributed by atoms with Crippen LogP contribution < -0.4 is 4.74 Å². The molecule has 0 heterocycles. The monoisotopic (exact) mass is 406 g/mol. The summed E-state index contributed by atoms with van der Waals surface area (Å²) in [5.74, 6) is 0.378. The predicted octanol–water partition coefficient (Wildman–Crippen LogP) is 4.42. The van der Waals surface area contributed by atoms with E-state index in [2.05, 4.69) is 22.0 Å². The van der Waals surface area contributed by atoms with Gasteiger partial charge in [0.15, 0.2) is 6.61 Å². The van der Waals surface area contributed by atoms with Crippen LogP contribution in [0.5, 0.6) is 5.75 Å². The Morgan fingerprint density at radius 1 is 1.25 bits per heavy atom. The maximum Gasteiger partial charge on any atom is 0.260 e. The minimum atomic E-state index is -0.170. The fourth-order valence-corrected chi connectivity index (χ4v) is 2.90. The predicted molar refractivity (Wildman–Crippen MR) is 96.7 cm³/mol. The second-order valence-corrected chi connectivity index (χ2v) is 6.36. The molecule has 0 radical (unpaired) electrons. The van der Waals surface area contributed by atoms with E-state index in [1.54, 1.807) is 23.1 Å². The van der Waals surface area contributed by atoms with Crippen molar-refractivity contribution in [1.82, 2.24) is 4.90 Å². The Balaban J connectivity index is 2.00. The molecule has 0 saturated heterocycles. The van der Waals surface area contributed by atoms with E-state index >= 15 is 0 Å². The van der Waals surface area contributed by atoms with Crippen LogP contribution in [0.15, 0.2) is 53.0 Å². The number of rotatable bonds is 7. The summed E-state index contributed by atoms with van der Waals surface area (Å²) in [7, 11) is 0. The van der Waals surface area contributed by atoms with Gasteiger partial charge in [-0.25, -0.2) is 0 Å². The first-order chi connectivity index (χ1) is 11.6. The maximum atomic E-state index is 12.5. The summed E-state index contributed by atoms with van der Waals surface area (Å²) in [6, 6.07) is 16.8. The van der Waals surface area contributed by atoms with Crippen LogP contribution in [0.1, 0.15) is 12.0 Å². The van der Waals surface area contributed by atoms with Gasteiger partial charge in [-0.1, -0.05) is 41.9 Å². The topological polar surface area (TPSA) is 53.3 Å². The van der Waals surface area contributed by atoms with Gasteiger partial charge in [0, 0.05) is 18.1 Å². The first kappa shape index (κ1) is 18.3. The average Bonchev–Trinajstić information content (AvgIpc) is 2.58. The Labute approximate surface area is 154 Å². The Bertz CT molecular complexity index is 732. The smallest absolute Gasteiger partial charge is 0.260 e. The molecule has 0 N–H and O–H groups in total.